The lowest BCUT2D eigenvalue weighted by atomic mass is 10.1. The van der Waals surface area contributed by atoms with E-state index in [4.69, 9.17) is 14.6 Å². The Balaban J connectivity index is 2.33. The van der Waals surface area contributed by atoms with Gasteiger partial charge in [-0.2, -0.15) is 0 Å². The van der Waals surface area contributed by atoms with E-state index in [-0.39, 0.29) is 18.4 Å². The summed E-state index contributed by atoms with van der Waals surface area (Å²) in [4.78, 5) is 25.3. The minimum Gasteiger partial charge on any atom is -0.496 e. The van der Waals surface area contributed by atoms with Gasteiger partial charge in [-0.25, -0.2) is 0 Å². The summed E-state index contributed by atoms with van der Waals surface area (Å²) >= 11 is 0. The largest absolute Gasteiger partial charge is 0.496 e. The molecule has 1 aromatic rings. The number of aliphatic carboxylic acids is 1. The van der Waals surface area contributed by atoms with E-state index < -0.39 is 5.97 Å². The molecule has 2 rings (SSSR count). The van der Waals surface area contributed by atoms with Crippen LogP contribution in [0.2, 0.25) is 0 Å². The summed E-state index contributed by atoms with van der Waals surface area (Å²) < 4.78 is 10.5. The van der Waals surface area contributed by atoms with Crippen molar-refractivity contribution in [3.8, 4) is 11.5 Å². The third-order valence-electron chi connectivity index (χ3n) is 3.69. The molecule has 0 aromatic heterocycles. The van der Waals surface area contributed by atoms with Crippen molar-refractivity contribution in [1.29, 1.82) is 0 Å². The highest BCUT2D eigenvalue weighted by atomic mass is 16.5. The zero-order valence-corrected chi connectivity index (χ0v) is 12.2. The van der Waals surface area contributed by atoms with Gasteiger partial charge in [0, 0.05) is 12.6 Å². The number of carboxylic acid groups (broad SMARTS) is 1. The van der Waals surface area contributed by atoms with E-state index in [1.165, 1.54) is 14.2 Å². The van der Waals surface area contributed by atoms with Crippen LogP contribution in [0.4, 0.5) is 0 Å². The molecule has 1 unspecified atom stereocenters. The van der Waals surface area contributed by atoms with Crippen molar-refractivity contribution >= 4 is 11.9 Å². The Morgan fingerprint density at radius 3 is 2.43 bits per heavy atom. The first-order valence-corrected chi connectivity index (χ1v) is 6.82. The highest BCUT2D eigenvalue weighted by molar-refractivity contribution is 6.00. The molecule has 1 N–H and O–H groups in total. The molecule has 0 spiro atoms. The van der Waals surface area contributed by atoms with Crippen molar-refractivity contribution in [2.75, 3.05) is 20.8 Å². The maximum atomic E-state index is 12.8. The number of carbonyl (C=O) groups excluding carboxylic acids is 1. The zero-order chi connectivity index (χ0) is 15.4. The van der Waals surface area contributed by atoms with Crippen molar-refractivity contribution in [1.82, 2.24) is 4.90 Å². The average molecular weight is 293 g/mol. The zero-order valence-electron chi connectivity index (χ0n) is 12.2. The van der Waals surface area contributed by atoms with Crippen LogP contribution in [0, 0.1) is 0 Å². The van der Waals surface area contributed by atoms with E-state index in [0.29, 0.717) is 30.0 Å². The molecule has 1 atom stereocenters. The summed E-state index contributed by atoms with van der Waals surface area (Å²) in [6, 6.07) is 4.85. The first-order valence-electron chi connectivity index (χ1n) is 6.82. The third kappa shape index (κ3) is 3.09. The number of hydrogen-bond donors (Lipinski definition) is 1. The second-order valence-electron chi connectivity index (χ2n) is 4.93. The van der Waals surface area contributed by atoms with Gasteiger partial charge < -0.3 is 19.5 Å². The molecule has 1 amide bonds. The molecule has 1 aliphatic heterocycles. The highest BCUT2D eigenvalue weighted by Crippen LogP contribution is 2.32. The Hall–Kier alpha value is -2.24. The Labute approximate surface area is 123 Å². The monoisotopic (exact) mass is 293 g/mol. The summed E-state index contributed by atoms with van der Waals surface area (Å²) in [7, 11) is 2.98. The number of likely N-dealkylation sites (tertiary alicyclic amines) is 1. The minimum atomic E-state index is -0.897. The van der Waals surface area contributed by atoms with Gasteiger partial charge in [0.15, 0.2) is 0 Å². The number of carboxylic acids is 1. The maximum Gasteiger partial charge on any atom is 0.305 e. The lowest BCUT2D eigenvalue weighted by Gasteiger charge is -2.25. The molecule has 0 aliphatic carbocycles. The number of benzene rings is 1. The SMILES string of the molecule is COc1cccc(OC)c1C(=O)N1CCCC1CC(=O)O. The molecule has 0 bridgehead atoms. The van der Waals surface area contributed by atoms with Crippen molar-refractivity contribution in [3.05, 3.63) is 23.8 Å². The number of ether oxygens (including phenoxy) is 2. The number of nitrogens with zero attached hydrogens (tertiary/aromatic N) is 1. The van der Waals surface area contributed by atoms with Crippen LogP contribution in [-0.2, 0) is 4.79 Å². The molecule has 0 saturated carbocycles. The van der Waals surface area contributed by atoms with Crippen LogP contribution < -0.4 is 9.47 Å². The standard InChI is InChI=1S/C15H19NO5/c1-20-11-6-3-7-12(21-2)14(11)15(19)16-8-4-5-10(16)9-13(17)18/h3,6-7,10H,4-5,8-9H2,1-2H3,(H,17,18). The topological polar surface area (TPSA) is 76.1 Å². The summed E-state index contributed by atoms with van der Waals surface area (Å²) in [6.45, 7) is 0.554. The van der Waals surface area contributed by atoms with E-state index in [2.05, 4.69) is 0 Å². The van der Waals surface area contributed by atoms with Gasteiger partial charge in [0.05, 0.1) is 20.6 Å². The van der Waals surface area contributed by atoms with Crippen LogP contribution >= 0.6 is 0 Å². The van der Waals surface area contributed by atoms with Gasteiger partial charge in [0.25, 0.3) is 5.91 Å². The van der Waals surface area contributed by atoms with Crippen molar-refractivity contribution in [3.63, 3.8) is 0 Å². The summed E-state index contributed by atoms with van der Waals surface area (Å²) in [5, 5.41) is 8.96. The lowest BCUT2D eigenvalue weighted by Crippen LogP contribution is -2.37. The summed E-state index contributed by atoms with van der Waals surface area (Å²) in [6.07, 6.45) is 1.47. The van der Waals surface area contributed by atoms with Crippen LogP contribution in [0.5, 0.6) is 11.5 Å². The number of methoxy groups -OCH3 is 2. The fourth-order valence-electron chi connectivity index (χ4n) is 2.72. The van der Waals surface area contributed by atoms with Crippen molar-refractivity contribution in [2.45, 2.75) is 25.3 Å². The molecular weight excluding hydrogens is 274 g/mol. The number of hydrogen-bond acceptors (Lipinski definition) is 4. The Morgan fingerprint density at radius 1 is 1.29 bits per heavy atom. The molecule has 0 radical (unpaired) electrons. The average Bonchev–Trinajstić information content (AvgIpc) is 2.92. The van der Waals surface area contributed by atoms with Gasteiger partial charge >= 0.3 is 5.97 Å². The number of amides is 1. The van der Waals surface area contributed by atoms with Gasteiger partial charge in [-0.05, 0) is 25.0 Å². The second kappa shape index (κ2) is 6.47. The van der Waals surface area contributed by atoms with E-state index in [1.54, 1.807) is 23.1 Å². The van der Waals surface area contributed by atoms with E-state index in [1.807, 2.05) is 0 Å². The first kappa shape index (κ1) is 15.2. The minimum absolute atomic E-state index is 0.0385. The first-order chi connectivity index (χ1) is 10.1. The molecule has 6 heteroatoms. The highest BCUT2D eigenvalue weighted by Gasteiger charge is 2.33. The molecule has 1 saturated heterocycles. The maximum absolute atomic E-state index is 12.8. The van der Waals surface area contributed by atoms with E-state index >= 15 is 0 Å². The van der Waals surface area contributed by atoms with Gasteiger partial charge in [-0.15, -0.1) is 0 Å². The molecule has 1 aromatic carbocycles. The molecule has 1 heterocycles. The van der Waals surface area contributed by atoms with Crippen LogP contribution in [0.1, 0.15) is 29.6 Å². The predicted molar refractivity (Wildman–Crippen MR) is 75.9 cm³/mol. The van der Waals surface area contributed by atoms with Gasteiger partial charge in [-0.3, -0.25) is 9.59 Å². The van der Waals surface area contributed by atoms with Gasteiger partial charge in [0.1, 0.15) is 17.1 Å². The summed E-state index contributed by atoms with van der Waals surface area (Å²) in [5.41, 5.74) is 0.347. The molecule has 114 valence electrons. The Kier molecular flexibility index (Phi) is 4.67. The van der Waals surface area contributed by atoms with E-state index in [0.717, 1.165) is 6.42 Å². The molecule has 6 nitrogen and oxygen atoms in total. The van der Waals surface area contributed by atoms with Crippen molar-refractivity contribution in [2.24, 2.45) is 0 Å². The summed E-state index contributed by atoms with van der Waals surface area (Å²) in [5.74, 6) is -0.277. The van der Waals surface area contributed by atoms with Crippen LogP contribution in [0.15, 0.2) is 18.2 Å². The normalized spacial score (nSPS) is 17.6. The number of carbonyl (C=O) groups is 2. The Morgan fingerprint density at radius 2 is 1.90 bits per heavy atom. The quantitative estimate of drug-likeness (QED) is 0.895. The fourth-order valence-corrected chi connectivity index (χ4v) is 2.72. The van der Waals surface area contributed by atoms with Crippen LogP contribution in [-0.4, -0.2) is 48.7 Å². The molecule has 21 heavy (non-hydrogen) atoms. The predicted octanol–water partition coefficient (Wildman–Crippen LogP) is 1.78. The second-order valence-corrected chi connectivity index (χ2v) is 4.93. The Bertz CT molecular complexity index is 521. The van der Waals surface area contributed by atoms with Crippen LogP contribution in [0.25, 0.3) is 0 Å². The molecular formula is C15H19NO5. The van der Waals surface area contributed by atoms with Gasteiger partial charge in [0.2, 0.25) is 0 Å². The fraction of sp³-hybridized carbons (Fsp3) is 0.467. The van der Waals surface area contributed by atoms with E-state index in [9.17, 15) is 9.59 Å². The van der Waals surface area contributed by atoms with Crippen molar-refractivity contribution < 1.29 is 24.2 Å². The third-order valence-corrected chi connectivity index (χ3v) is 3.69. The van der Waals surface area contributed by atoms with Gasteiger partial charge in [-0.1, -0.05) is 6.07 Å². The van der Waals surface area contributed by atoms with Crippen LogP contribution in [0.3, 0.4) is 0 Å². The lowest BCUT2D eigenvalue weighted by molar-refractivity contribution is -0.137. The molecule has 1 fully saturated rings. The number of rotatable bonds is 5. The smallest absolute Gasteiger partial charge is 0.305 e. The molecule has 1 aliphatic rings.